The van der Waals surface area contributed by atoms with Gasteiger partial charge in [-0.25, -0.2) is 17.8 Å². The van der Waals surface area contributed by atoms with E-state index < -0.39 is 32.7 Å². The van der Waals surface area contributed by atoms with Gasteiger partial charge in [-0.05, 0) is 30.2 Å². The van der Waals surface area contributed by atoms with E-state index in [0.717, 1.165) is 12.1 Å². The lowest BCUT2D eigenvalue weighted by Crippen LogP contribution is -2.47. The van der Waals surface area contributed by atoms with Crippen LogP contribution in [0.4, 0.5) is 15.9 Å². The fourth-order valence-corrected chi connectivity index (χ4v) is 3.51. The number of amides is 1. The summed E-state index contributed by atoms with van der Waals surface area (Å²) in [6.07, 6.45) is 1.36. The Kier molecular flexibility index (Phi) is 7.49. The highest BCUT2D eigenvalue weighted by Gasteiger charge is 2.29. The fourth-order valence-electron chi connectivity index (χ4n) is 2.08. The molecule has 0 bridgehead atoms. The molecule has 1 unspecified atom stereocenters. The Morgan fingerprint density at radius 3 is 2.38 bits per heavy atom. The molecule has 1 amide bonds. The Labute approximate surface area is 157 Å². The van der Waals surface area contributed by atoms with Gasteiger partial charge in [0, 0.05) is 0 Å². The van der Waals surface area contributed by atoms with Crippen LogP contribution in [0.25, 0.3) is 0 Å². The topological polar surface area (TPSA) is 114 Å². The number of rotatable bonds is 6. The number of nitrogens with zero attached hydrogens (tertiary/aromatic N) is 1. The molecule has 0 saturated heterocycles. The van der Waals surface area contributed by atoms with Crippen LogP contribution in [0, 0.1) is 11.7 Å². The van der Waals surface area contributed by atoms with E-state index in [-0.39, 0.29) is 18.3 Å². The minimum atomic E-state index is -4.20. The van der Waals surface area contributed by atoms with Gasteiger partial charge in [0.05, 0.1) is 11.9 Å². The summed E-state index contributed by atoms with van der Waals surface area (Å²) < 4.78 is 40.9. The molecule has 142 valence electrons. The number of carbonyl (C=O) groups excluding carboxylic acids is 1. The van der Waals surface area contributed by atoms with Crippen molar-refractivity contribution in [1.82, 2.24) is 9.71 Å². The van der Waals surface area contributed by atoms with Gasteiger partial charge < -0.3 is 11.1 Å². The molecule has 0 aliphatic rings. The predicted molar refractivity (Wildman–Crippen MR) is 99.9 cm³/mol. The average molecular weight is 403 g/mol. The molecule has 2 aromatic rings. The monoisotopic (exact) mass is 402 g/mol. The average Bonchev–Trinajstić information content (AvgIpc) is 2.54. The molecule has 26 heavy (non-hydrogen) atoms. The summed E-state index contributed by atoms with van der Waals surface area (Å²) in [6.45, 7) is 3.35. The van der Waals surface area contributed by atoms with Crippen LogP contribution in [0.2, 0.25) is 0 Å². The minimum Gasteiger partial charge on any atom is -0.384 e. The number of benzene rings is 1. The largest absolute Gasteiger partial charge is 0.384 e. The van der Waals surface area contributed by atoms with E-state index in [0.29, 0.717) is 11.5 Å². The van der Waals surface area contributed by atoms with E-state index >= 15 is 0 Å². The van der Waals surface area contributed by atoms with Gasteiger partial charge in [-0.1, -0.05) is 26.0 Å². The first-order valence-corrected chi connectivity index (χ1v) is 8.98. The van der Waals surface area contributed by atoms with Gasteiger partial charge in [-0.15, -0.1) is 12.4 Å². The van der Waals surface area contributed by atoms with Crippen LogP contribution < -0.4 is 15.8 Å². The lowest BCUT2D eigenvalue weighted by molar-refractivity contribution is -0.118. The molecule has 10 heteroatoms. The van der Waals surface area contributed by atoms with E-state index in [1.54, 1.807) is 19.9 Å². The zero-order valence-electron chi connectivity index (χ0n) is 14.1. The van der Waals surface area contributed by atoms with Crippen molar-refractivity contribution in [2.45, 2.75) is 24.8 Å². The highest BCUT2D eigenvalue weighted by molar-refractivity contribution is 7.89. The quantitative estimate of drug-likeness (QED) is 0.685. The van der Waals surface area contributed by atoms with E-state index in [4.69, 9.17) is 5.73 Å². The molecule has 4 N–H and O–H groups in total. The van der Waals surface area contributed by atoms with Crippen molar-refractivity contribution < 1.29 is 17.6 Å². The molecule has 0 radical (unpaired) electrons. The number of pyridine rings is 1. The lowest BCUT2D eigenvalue weighted by Gasteiger charge is -2.21. The van der Waals surface area contributed by atoms with Crippen molar-refractivity contribution >= 4 is 39.8 Å². The van der Waals surface area contributed by atoms with E-state index in [1.165, 1.54) is 24.4 Å². The summed E-state index contributed by atoms with van der Waals surface area (Å²) in [7, 11) is -4.20. The van der Waals surface area contributed by atoms with Crippen LogP contribution >= 0.6 is 12.4 Å². The second kappa shape index (κ2) is 8.93. The van der Waals surface area contributed by atoms with Crippen LogP contribution in [0.1, 0.15) is 13.8 Å². The Morgan fingerprint density at radius 1 is 1.19 bits per heavy atom. The predicted octanol–water partition coefficient (Wildman–Crippen LogP) is 2.17. The second-order valence-electron chi connectivity index (χ2n) is 5.73. The smallest absolute Gasteiger partial charge is 0.244 e. The van der Waals surface area contributed by atoms with Crippen molar-refractivity contribution in [3.63, 3.8) is 0 Å². The third-order valence-electron chi connectivity index (χ3n) is 3.41. The van der Waals surface area contributed by atoms with Crippen molar-refractivity contribution in [2.24, 2.45) is 5.92 Å². The molecule has 1 aromatic carbocycles. The zero-order valence-corrected chi connectivity index (χ0v) is 15.8. The van der Waals surface area contributed by atoms with Crippen molar-refractivity contribution in [1.29, 1.82) is 0 Å². The Morgan fingerprint density at radius 2 is 1.85 bits per heavy atom. The van der Waals surface area contributed by atoms with Crippen LogP contribution in [0.15, 0.2) is 47.5 Å². The molecular weight excluding hydrogens is 383 g/mol. The molecule has 1 heterocycles. The molecule has 0 aliphatic carbocycles. The summed E-state index contributed by atoms with van der Waals surface area (Å²) in [4.78, 5) is 15.8. The first-order valence-electron chi connectivity index (χ1n) is 7.50. The van der Waals surface area contributed by atoms with Gasteiger partial charge in [-0.3, -0.25) is 4.79 Å². The molecule has 0 saturated carbocycles. The SMILES string of the molecule is CC(C)C(NS(=O)(=O)c1ccccc1F)C(=O)Nc1ccc(N)nc1.Cl. The number of halogens is 2. The van der Waals surface area contributed by atoms with Crippen molar-refractivity contribution in [2.75, 3.05) is 11.1 Å². The first kappa shape index (κ1) is 21.8. The summed E-state index contributed by atoms with van der Waals surface area (Å²) in [5.74, 6) is -1.55. The van der Waals surface area contributed by atoms with Crippen LogP contribution in [-0.4, -0.2) is 25.4 Å². The third-order valence-corrected chi connectivity index (χ3v) is 4.89. The number of nitrogens with one attached hydrogen (secondary N) is 2. The highest BCUT2D eigenvalue weighted by Crippen LogP contribution is 2.16. The van der Waals surface area contributed by atoms with Crippen LogP contribution in [0.5, 0.6) is 0 Å². The maximum absolute atomic E-state index is 13.8. The van der Waals surface area contributed by atoms with E-state index in [2.05, 4.69) is 15.0 Å². The Bertz CT molecular complexity index is 860. The van der Waals surface area contributed by atoms with Gasteiger partial charge in [0.1, 0.15) is 22.6 Å². The first-order chi connectivity index (χ1) is 11.7. The van der Waals surface area contributed by atoms with Gasteiger partial charge in [-0.2, -0.15) is 4.72 Å². The normalized spacial score (nSPS) is 12.3. The van der Waals surface area contributed by atoms with Crippen LogP contribution in [-0.2, 0) is 14.8 Å². The number of carbonyl (C=O) groups is 1. The maximum atomic E-state index is 13.8. The standard InChI is InChI=1S/C16H19FN4O3S.ClH/c1-10(2)15(16(22)20-11-7-8-14(18)19-9-11)21-25(23,24)13-6-4-3-5-12(13)17;/h3-10,15,21H,1-2H3,(H2,18,19)(H,20,22);1H. The molecule has 0 spiro atoms. The van der Waals surface area contributed by atoms with E-state index in [9.17, 15) is 17.6 Å². The van der Waals surface area contributed by atoms with Gasteiger partial charge in [0.25, 0.3) is 0 Å². The molecular formula is C16H20ClFN4O3S. The Hall–Kier alpha value is -2.23. The summed E-state index contributed by atoms with van der Waals surface area (Å²) in [6, 6.07) is 6.92. The minimum absolute atomic E-state index is 0. The van der Waals surface area contributed by atoms with Crippen molar-refractivity contribution in [3.05, 3.63) is 48.4 Å². The molecule has 7 nitrogen and oxygen atoms in total. The third kappa shape index (κ3) is 5.38. The molecule has 1 atom stereocenters. The number of anilines is 2. The second-order valence-corrected chi connectivity index (χ2v) is 7.42. The Balaban J connectivity index is 0.00000338. The number of aromatic nitrogens is 1. The summed E-state index contributed by atoms with van der Waals surface area (Å²) in [5, 5.41) is 2.56. The highest BCUT2D eigenvalue weighted by atomic mass is 35.5. The number of nitrogens with two attached hydrogens (primary N) is 1. The van der Waals surface area contributed by atoms with Crippen molar-refractivity contribution in [3.8, 4) is 0 Å². The fraction of sp³-hybridized carbons (Fsp3) is 0.250. The molecule has 1 aromatic heterocycles. The number of sulfonamides is 1. The summed E-state index contributed by atoms with van der Waals surface area (Å²) in [5.41, 5.74) is 5.85. The van der Waals surface area contributed by atoms with Crippen LogP contribution in [0.3, 0.4) is 0 Å². The molecule has 0 aliphatic heterocycles. The molecule has 2 rings (SSSR count). The lowest BCUT2D eigenvalue weighted by atomic mass is 10.1. The zero-order chi connectivity index (χ0) is 18.6. The number of nitrogen functional groups attached to an aromatic ring is 1. The van der Waals surface area contributed by atoms with Gasteiger partial charge in [0.15, 0.2) is 0 Å². The maximum Gasteiger partial charge on any atom is 0.244 e. The number of hydrogen-bond acceptors (Lipinski definition) is 5. The van der Waals surface area contributed by atoms with E-state index in [1.807, 2.05) is 0 Å². The van der Waals surface area contributed by atoms with Gasteiger partial charge in [0.2, 0.25) is 15.9 Å². The molecule has 0 fully saturated rings. The summed E-state index contributed by atoms with van der Waals surface area (Å²) >= 11 is 0. The number of hydrogen-bond donors (Lipinski definition) is 3. The van der Waals surface area contributed by atoms with Gasteiger partial charge >= 0.3 is 0 Å².